The molecule has 0 spiro atoms. The van der Waals surface area contributed by atoms with Crippen LogP contribution in [0.1, 0.15) is 6.42 Å². The number of non-ortho nitro benzene ring substituents is 1. The van der Waals surface area contributed by atoms with E-state index in [0.29, 0.717) is 10.2 Å². The van der Waals surface area contributed by atoms with E-state index in [1.165, 1.54) is 25.2 Å². The van der Waals surface area contributed by atoms with Gasteiger partial charge in [-0.2, -0.15) is 0 Å². The lowest BCUT2D eigenvalue weighted by molar-refractivity contribution is -0.385. The van der Waals surface area contributed by atoms with E-state index in [4.69, 9.17) is 4.74 Å². The van der Waals surface area contributed by atoms with Crippen LogP contribution in [-0.2, 0) is 4.79 Å². The van der Waals surface area contributed by atoms with E-state index in [0.717, 1.165) is 0 Å². The van der Waals surface area contributed by atoms with Gasteiger partial charge in [0.1, 0.15) is 5.75 Å². The highest BCUT2D eigenvalue weighted by Gasteiger charge is 2.10. The summed E-state index contributed by atoms with van der Waals surface area (Å²) in [7, 11) is 1.53. The van der Waals surface area contributed by atoms with Gasteiger partial charge in [0.2, 0.25) is 5.91 Å². The molecule has 1 N–H and O–H groups in total. The summed E-state index contributed by atoms with van der Waals surface area (Å²) in [6.45, 7) is 0.166. The molecule has 0 atom stereocenters. The summed E-state index contributed by atoms with van der Waals surface area (Å²) in [6.07, 6.45) is 0.200. The first-order valence-electron chi connectivity index (χ1n) is 4.82. The molecule has 0 heterocycles. The van der Waals surface area contributed by atoms with E-state index in [2.05, 4.69) is 21.2 Å². The number of amides is 1. The summed E-state index contributed by atoms with van der Waals surface area (Å²) in [5, 5.41) is 13.0. The van der Waals surface area contributed by atoms with Gasteiger partial charge >= 0.3 is 0 Å². The van der Waals surface area contributed by atoms with E-state index >= 15 is 0 Å². The number of nitrogens with one attached hydrogen (secondary N) is 1. The lowest BCUT2D eigenvalue weighted by atomic mass is 10.3. The maximum atomic E-state index is 11.0. The number of carbonyl (C=O) groups is 1. The average Bonchev–Trinajstić information content (AvgIpc) is 2.30. The topological polar surface area (TPSA) is 81.5 Å². The summed E-state index contributed by atoms with van der Waals surface area (Å²) >= 11 is 3.22. The van der Waals surface area contributed by atoms with Gasteiger partial charge in [-0.1, -0.05) is 0 Å². The van der Waals surface area contributed by atoms with E-state index in [9.17, 15) is 14.9 Å². The Morgan fingerprint density at radius 3 is 2.88 bits per heavy atom. The van der Waals surface area contributed by atoms with Crippen molar-refractivity contribution >= 4 is 27.5 Å². The number of hydrogen-bond donors (Lipinski definition) is 1. The van der Waals surface area contributed by atoms with Crippen LogP contribution < -0.4 is 10.1 Å². The second kappa shape index (κ2) is 6.19. The number of nitro groups is 1. The summed E-state index contributed by atoms with van der Waals surface area (Å²) in [5.41, 5.74) is -0.0526. The molecule has 0 bridgehead atoms. The summed E-state index contributed by atoms with van der Waals surface area (Å²) < 4.78 is 5.90. The molecular formula is C10H11BrN2O4. The van der Waals surface area contributed by atoms with Gasteiger partial charge in [-0.3, -0.25) is 14.9 Å². The Bertz CT molecular complexity index is 436. The molecule has 1 rings (SSSR count). The van der Waals surface area contributed by atoms with Crippen LogP contribution in [-0.4, -0.2) is 24.5 Å². The number of rotatable bonds is 5. The number of benzene rings is 1. The van der Waals surface area contributed by atoms with E-state index in [1.54, 1.807) is 0 Å². The van der Waals surface area contributed by atoms with E-state index in [1.807, 2.05) is 0 Å². The van der Waals surface area contributed by atoms with Crippen molar-refractivity contribution in [1.82, 2.24) is 5.32 Å². The van der Waals surface area contributed by atoms with Crippen molar-refractivity contribution < 1.29 is 14.5 Å². The standard InChI is InChI=1S/C10H11BrN2O4/c1-12-10(14)4-5-17-9-6-7(13(15)16)2-3-8(9)11/h2-3,6H,4-5H2,1H3,(H,12,14). The maximum Gasteiger partial charge on any atom is 0.273 e. The lowest BCUT2D eigenvalue weighted by Crippen LogP contribution is -2.20. The van der Waals surface area contributed by atoms with E-state index < -0.39 is 4.92 Å². The van der Waals surface area contributed by atoms with Crippen molar-refractivity contribution in [2.24, 2.45) is 0 Å². The Morgan fingerprint density at radius 2 is 2.29 bits per heavy atom. The minimum atomic E-state index is -0.502. The van der Waals surface area contributed by atoms with Crippen LogP contribution >= 0.6 is 15.9 Å². The van der Waals surface area contributed by atoms with Crippen molar-refractivity contribution in [2.75, 3.05) is 13.7 Å². The molecule has 6 nitrogen and oxygen atoms in total. The minimum absolute atomic E-state index is 0.0526. The predicted molar refractivity (Wildman–Crippen MR) is 65.0 cm³/mol. The van der Waals surface area contributed by atoms with Gasteiger partial charge in [0.25, 0.3) is 5.69 Å². The van der Waals surface area contributed by atoms with Crippen LogP contribution in [0.15, 0.2) is 22.7 Å². The van der Waals surface area contributed by atoms with Crippen LogP contribution in [0.4, 0.5) is 5.69 Å². The van der Waals surface area contributed by atoms with Crippen molar-refractivity contribution in [3.05, 3.63) is 32.8 Å². The third-order valence-corrected chi connectivity index (χ3v) is 2.65. The molecule has 1 amide bonds. The molecule has 0 saturated carbocycles. The van der Waals surface area contributed by atoms with Gasteiger partial charge in [0.05, 0.1) is 28.5 Å². The van der Waals surface area contributed by atoms with Crippen LogP contribution in [0.2, 0.25) is 0 Å². The predicted octanol–water partition coefficient (Wildman–Crippen LogP) is 1.87. The van der Waals surface area contributed by atoms with Crippen molar-refractivity contribution in [3.8, 4) is 5.75 Å². The number of nitrogens with zero attached hydrogens (tertiary/aromatic N) is 1. The Kier molecular flexibility index (Phi) is 4.89. The second-order valence-corrected chi connectivity index (χ2v) is 4.00. The van der Waals surface area contributed by atoms with Gasteiger partial charge < -0.3 is 10.1 Å². The van der Waals surface area contributed by atoms with Crippen molar-refractivity contribution in [1.29, 1.82) is 0 Å². The molecule has 0 aliphatic carbocycles. The fraction of sp³-hybridized carbons (Fsp3) is 0.300. The fourth-order valence-corrected chi connectivity index (χ4v) is 1.46. The maximum absolute atomic E-state index is 11.0. The fourth-order valence-electron chi connectivity index (χ4n) is 1.09. The number of ether oxygens (including phenoxy) is 1. The molecule has 0 aliphatic heterocycles. The third-order valence-electron chi connectivity index (χ3n) is 1.99. The molecule has 1 aromatic rings. The number of carbonyl (C=O) groups excluding carboxylic acids is 1. The molecule has 17 heavy (non-hydrogen) atoms. The van der Waals surface area contributed by atoms with Crippen LogP contribution in [0, 0.1) is 10.1 Å². The third kappa shape index (κ3) is 4.03. The SMILES string of the molecule is CNC(=O)CCOc1cc([N+](=O)[O-])ccc1Br. The van der Waals surface area contributed by atoms with Gasteiger partial charge in [0, 0.05) is 13.1 Å². The van der Waals surface area contributed by atoms with Crippen LogP contribution in [0.5, 0.6) is 5.75 Å². The highest BCUT2D eigenvalue weighted by molar-refractivity contribution is 9.10. The summed E-state index contributed by atoms with van der Waals surface area (Å²) in [4.78, 5) is 21.0. The van der Waals surface area contributed by atoms with Gasteiger partial charge in [-0.15, -0.1) is 0 Å². The molecule has 1 aromatic carbocycles. The zero-order valence-electron chi connectivity index (χ0n) is 9.10. The molecule has 0 radical (unpaired) electrons. The molecule has 92 valence electrons. The molecule has 0 fully saturated rings. The van der Waals surface area contributed by atoms with Crippen LogP contribution in [0.3, 0.4) is 0 Å². The lowest BCUT2D eigenvalue weighted by Gasteiger charge is -2.07. The van der Waals surface area contributed by atoms with E-state index in [-0.39, 0.29) is 24.6 Å². The Hall–Kier alpha value is -1.63. The molecule has 0 saturated heterocycles. The zero-order valence-corrected chi connectivity index (χ0v) is 10.7. The first kappa shape index (κ1) is 13.4. The van der Waals surface area contributed by atoms with Crippen molar-refractivity contribution in [3.63, 3.8) is 0 Å². The summed E-state index contributed by atoms with van der Waals surface area (Å²) in [6, 6.07) is 4.22. The molecule has 0 aromatic heterocycles. The number of nitro benzene ring substituents is 1. The zero-order chi connectivity index (χ0) is 12.8. The first-order chi connectivity index (χ1) is 8.04. The molecule has 7 heteroatoms. The van der Waals surface area contributed by atoms with Gasteiger partial charge in [-0.05, 0) is 22.0 Å². The second-order valence-electron chi connectivity index (χ2n) is 3.14. The van der Waals surface area contributed by atoms with Gasteiger partial charge in [-0.25, -0.2) is 0 Å². The highest BCUT2D eigenvalue weighted by atomic mass is 79.9. The number of halogens is 1. The Balaban J connectivity index is 2.66. The minimum Gasteiger partial charge on any atom is -0.492 e. The molecular weight excluding hydrogens is 292 g/mol. The quantitative estimate of drug-likeness (QED) is 0.665. The van der Waals surface area contributed by atoms with Gasteiger partial charge in [0.15, 0.2) is 0 Å². The number of hydrogen-bond acceptors (Lipinski definition) is 4. The Morgan fingerprint density at radius 1 is 1.59 bits per heavy atom. The van der Waals surface area contributed by atoms with Crippen LogP contribution in [0.25, 0.3) is 0 Å². The smallest absolute Gasteiger partial charge is 0.273 e. The Labute approximate surface area is 106 Å². The highest BCUT2D eigenvalue weighted by Crippen LogP contribution is 2.29. The first-order valence-corrected chi connectivity index (χ1v) is 5.61. The normalized spacial score (nSPS) is 9.76. The monoisotopic (exact) mass is 302 g/mol. The summed E-state index contributed by atoms with van der Waals surface area (Å²) in [5.74, 6) is 0.203. The molecule has 0 aliphatic rings. The van der Waals surface area contributed by atoms with Crippen molar-refractivity contribution in [2.45, 2.75) is 6.42 Å². The molecule has 0 unspecified atom stereocenters. The average molecular weight is 303 g/mol. The largest absolute Gasteiger partial charge is 0.492 e.